The van der Waals surface area contributed by atoms with Crippen LogP contribution in [-0.4, -0.2) is 15.5 Å². The van der Waals surface area contributed by atoms with Crippen LogP contribution in [0.4, 0.5) is 0 Å². The van der Waals surface area contributed by atoms with Crippen LogP contribution in [0.15, 0.2) is 65.7 Å². The van der Waals surface area contributed by atoms with Crippen LogP contribution in [0.25, 0.3) is 10.9 Å². The molecule has 0 saturated carbocycles. The number of nitrogens with zero attached hydrogens (tertiary/aromatic N) is 2. The predicted octanol–water partition coefficient (Wildman–Crippen LogP) is 2.08. The van der Waals surface area contributed by atoms with Gasteiger partial charge in [-0.2, -0.15) is 0 Å². The molecule has 0 N–H and O–H groups in total. The fraction of sp³-hybridized carbons (Fsp3) is 0. The topological polar surface area (TPSA) is 52.0 Å². The van der Waals surface area contributed by atoms with Gasteiger partial charge >= 0.3 is 0 Å². The lowest BCUT2D eigenvalue weighted by molar-refractivity contribution is 0.0955. The summed E-state index contributed by atoms with van der Waals surface area (Å²) in [6.45, 7) is 0. The molecule has 0 amide bonds. The molecule has 2 aromatic carbocycles. The molecule has 3 rings (SSSR count). The SMILES string of the molecule is O=C(c1ccccc1)n1cnc2ccccc2c1=O. The predicted molar refractivity (Wildman–Crippen MR) is 72.2 cm³/mol. The highest BCUT2D eigenvalue weighted by molar-refractivity contribution is 5.96. The van der Waals surface area contributed by atoms with Gasteiger partial charge in [0.25, 0.3) is 11.5 Å². The van der Waals surface area contributed by atoms with E-state index in [0.717, 1.165) is 4.57 Å². The Kier molecular flexibility index (Phi) is 2.68. The quantitative estimate of drug-likeness (QED) is 0.664. The molecule has 4 nitrogen and oxygen atoms in total. The standard InChI is InChI=1S/C15H10N2O2/c18-14(11-6-2-1-3-7-11)17-10-16-13-9-5-4-8-12(13)15(17)19/h1-10H. The maximum Gasteiger partial charge on any atom is 0.268 e. The minimum absolute atomic E-state index is 0.348. The van der Waals surface area contributed by atoms with Gasteiger partial charge in [-0.15, -0.1) is 0 Å². The summed E-state index contributed by atoms with van der Waals surface area (Å²) in [5.74, 6) is -0.371. The van der Waals surface area contributed by atoms with Crippen molar-refractivity contribution in [3.63, 3.8) is 0 Å². The molecule has 0 aliphatic rings. The molecule has 0 spiro atoms. The van der Waals surface area contributed by atoms with E-state index in [4.69, 9.17) is 0 Å². The number of benzene rings is 2. The fourth-order valence-electron chi connectivity index (χ4n) is 1.93. The molecular formula is C15H10N2O2. The first kappa shape index (κ1) is 11.3. The van der Waals surface area contributed by atoms with Crippen LogP contribution >= 0.6 is 0 Å². The van der Waals surface area contributed by atoms with Crippen molar-refractivity contribution in [1.29, 1.82) is 0 Å². The van der Waals surface area contributed by atoms with Gasteiger partial charge < -0.3 is 0 Å². The molecular weight excluding hydrogens is 240 g/mol. The lowest BCUT2D eigenvalue weighted by Gasteiger charge is -2.05. The summed E-state index contributed by atoms with van der Waals surface area (Å²) in [7, 11) is 0. The molecule has 1 aromatic heterocycles. The number of carbonyl (C=O) groups is 1. The minimum atomic E-state index is -0.371. The highest BCUT2D eigenvalue weighted by Gasteiger charge is 2.11. The number of rotatable bonds is 1. The van der Waals surface area contributed by atoms with Crippen LogP contribution in [0.2, 0.25) is 0 Å². The van der Waals surface area contributed by atoms with Crippen LogP contribution in [0.1, 0.15) is 10.4 Å². The van der Waals surface area contributed by atoms with Crippen LogP contribution in [0.5, 0.6) is 0 Å². The van der Waals surface area contributed by atoms with E-state index in [1.807, 2.05) is 6.07 Å². The van der Waals surface area contributed by atoms with E-state index >= 15 is 0 Å². The summed E-state index contributed by atoms with van der Waals surface area (Å²) < 4.78 is 1.04. The van der Waals surface area contributed by atoms with E-state index in [9.17, 15) is 9.59 Å². The maximum atomic E-state index is 12.2. The van der Waals surface area contributed by atoms with Gasteiger partial charge in [0.1, 0.15) is 6.33 Å². The Bertz CT molecular complexity index is 807. The Balaban J connectivity index is 2.19. The zero-order valence-electron chi connectivity index (χ0n) is 9.98. The van der Waals surface area contributed by atoms with E-state index < -0.39 is 0 Å². The third-order valence-electron chi connectivity index (χ3n) is 2.91. The summed E-state index contributed by atoms with van der Waals surface area (Å²) in [6.07, 6.45) is 1.28. The number of aromatic nitrogens is 2. The molecule has 0 bridgehead atoms. The van der Waals surface area contributed by atoms with Crippen LogP contribution in [0, 0.1) is 0 Å². The third-order valence-corrected chi connectivity index (χ3v) is 2.91. The second-order valence-electron chi connectivity index (χ2n) is 4.11. The van der Waals surface area contributed by atoms with Gasteiger partial charge in [0.2, 0.25) is 0 Å². The highest BCUT2D eigenvalue weighted by Crippen LogP contribution is 2.06. The van der Waals surface area contributed by atoms with E-state index in [-0.39, 0.29) is 11.5 Å². The van der Waals surface area contributed by atoms with Gasteiger partial charge in [0.05, 0.1) is 10.9 Å². The molecule has 92 valence electrons. The number of hydrogen-bond donors (Lipinski definition) is 0. The Morgan fingerprint density at radius 1 is 0.947 bits per heavy atom. The molecule has 0 aliphatic carbocycles. The average Bonchev–Trinajstić information content (AvgIpc) is 2.48. The van der Waals surface area contributed by atoms with E-state index in [1.54, 1.807) is 48.5 Å². The van der Waals surface area contributed by atoms with E-state index in [2.05, 4.69) is 4.98 Å². The van der Waals surface area contributed by atoms with Gasteiger partial charge in [0, 0.05) is 5.56 Å². The molecule has 0 fully saturated rings. The van der Waals surface area contributed by atoms with Crippen molar-refractivity contribution in [2.24, 2.45) is 0 Å². The second-order valence-corrected chi connectivity index (χ2v) is 4.11. The van der Waals surface area contributed by atoms with E-state index in [1.165, 1.54) is 6.33 Å². The first-order valence-electron chi connectivity index (χ1n) is 5.83. The minimum Gasteiger partial charge on any atom is -0.268 e. The maximum absolute atomic E-state index is 12.2. The summed E-state index contributed by atoms with van der Waals surface area (Å²) in [4.78, 5) is 28.6. The van der Waals surface area contributed by atoms with Crippen LogP contribution in [-0.2, 0) is 0 Å². The first-order valence-corrected chi connectivity index (χ1v) is 5.83. The Labute approximate surface area is 109 Å². The zero-order valence-corrected chi connectivity index (χ0v) is 9.98. The number of fused-ring (bicyclic) bond motifs is 1. The molecule has 0 atom stereocenters. The normalized spacial score (nSPS) is 10.5. The van der Waals surface area contributed by atoms with Crippen molar-refractivity contribution < 1.29 is 4.79 Å². The molecule has 0 unspecified atom stereocenters. The third kappa shape index (κ3) is 1.93. The lowest BCUT2D eigenvalue weighted by atomic mass is 10.2. The Morgan fingerprint density at radius 3 is 2.42 bits per heavy atom. The summed E-state index contributed by atoms with van der Waals surface area (Å²) in [5.41, 5.74) is 0.700. The molecule has 3 aromatic rings. The largest absolute Gasteiger partial charge is 0.268 e. The summed E-state index contributed by atoms with van der Waals surface area (Å²) >= 11 is 0. The van der Waals surface area contributed by atoms with Gasteiger partial charge in [-0.3, -0.25) is 9.59 Å². The Morgan fingerprint density at radius 2 is 1.63 bits per heavy atom. The first-order chi connectivity index (χ1) is 9.27. The highest BCUT2D eigenvalue weighted by atomic mass is 16.2. The summed E-state index contributed by atoms with van der Waals surface area (Å²) in [5, 5.41) is 0.439. The molecule has 0 saturated heterocycles. The second kappa shape index (κ2) is 4.49. The molecule has 4 heteroatoms. The molecule has 19 heavy (non-hydrogen) atoms. The van der Waals surface area contributed by atoms with Crippen molar-refractivity contribution >= 4 is 16.8 Å². The van der Waals surface area contributed by atoms with Gasteiger partial charge in [-0.1, -0.05) is 30.3 Å². The molecule has 0 aliphatic heterocycles. The zero-order chi connectivity index (χ0) is 13.2. The van der Waals surface area contributed by atoms with Crippen molar-refractivity contribution in [3.05, 3.63) is 76.8 Å². The Hall–Kier alpha value is -2.75. The van der Waals surface area contributed by atoms with E-state index in [0.29, 0.717) is 16.5 Å². The number of carbonyl (C=O) groups excluding carboxylic acids is 1. The van der Waals surface area contributed by atoms with Gasteiger partial charge in [-0.05, 0) is 24.3 Å². The van der Waals surface area contributed by atoms with Crippen molar-refractivity contribution in [2.75, 3.05) is 0 Å². The van der Waals surface area contributed by atoms with Gasteiger partial charge in [0.15, 0.2) is 0 Å². The van der Waals surface area contributed by atoms with Crippen molar-refractivity contribution in [1.82, 2.24) is 9.55 Å². The lowest BCUT2D eigenvalue weighted by Crippen LogP contribution is -2.27. The van der Waals surface area contributed by atoms with Crippen molar-refractivity contribution in [2.45, 2.75) is 0 Å². The monoisotopic (exact) mass is 250 g/mol. The van der Waals surface area contributed by atoms with Crippen molar-refractivity contribution in [3.8, 4) is 0 Å². The van der Waals surface area contributed by atoms with Crippen LogP contribution in [0.3, 0.4) is 0 Å². The fourth-order valence-corrected chi connectivity index (χ4v) is 1.93. The number of para-hydroxylation sites is 1. The molecule has 0 radical (unpaired) electrons. The number of hydrogen-bond acceptors (Lipinski definition) is 3. The van der Waals surface area contributed by atoms with Gasteiger partial charge in [-0.25, -0.2) is 9.55 Å². The average molecular weight is 250 g/mol. The smallest absolute Gasteiger partial charge is 0.268 e. The summed E-state index contributed by atoms with van der Waals surface area (Å²) in [6, 6.07) is 15.6. The molecule has 1 heterocycles. The van der Waals surface area contributed by atoms with Crippen LogP contribution < -0.4 is 5.56 Å².